The minimum absolute atomic E-state index is 0. The second-order valence-electron chi connectivity index (χ2n) is 5.52. The molecule has 1 aliphatic heterocycles. The molecule has 0 aliphatic carbocycles. The maximum Gasteiger partial charge on any atom is 0.246 e. The zero-order valence-electron chi connectivity index (χ0n) is 13.3. The van der Waals surface area contributed by atoms with Crippen LogP contribution in [0.25, 0.3) is 0 Å². The van der Waals surface area contributed by atoms with E-state index in [0.717, 1.165) is 18.6 Å². The number of rotatable bonds is 5. The van der Waals surface area contributed by atoms with Gasteiger partial charge in [0.15, 0.2) is 0 Å². The van der Waals surface area contributed by atoms with E-state index in [-0.39, 0.29) is 29.0 Å². The average Bonchev–Trinajstić information content (AvgIpc) is 2.91. The van der Waals surface area contributed by atoms with E-state index in [0.29, 0.717) is 19.6 Å². The lowest BCUT2D eigenvalue weighted by Gasteiger charge is -2.18. The minimum atomic E-state index is -3.95. The Morgan fingerprint density at radius 3 is 2.71 bits per heavy atom. The molecule has 2 rings (SSSR count). The Morgan fingerprint density at radius 2 is 2.12 bits per heavy atom. The second-order valence-corrected chi connectivity index (χ2v) is 7.83. The average molecular weight is 400 g/mol. The van der Waals surface area contributed by atoms with Crippen molar-refractivity contribution in [2.75, 3.05) is 32.0 Å². The number of benzene rings is 1. The van der Waals surface area contributed by atoms with Crippen molar-refractivity contribution in [2.24, 2.45) is 5.92 Å². The van der Waals surface area contributed by atoms with E-state index < -0.39 is 26.6 Å². The molecule has 2 N–H and O–H groups in total. The molecule has 6 nitrogen and oxygen atoms in total. The molecule has 0 saturated carbocycles. The molecule has 1 fully saturated rings. The van der Waals surface area contributed by atoms with Gasteiger partial charge in [0.2, 0.25) is 15.9 Å². The fourth-order valence-electron chi connectivity index (χ4n) is 2.62. The Labute approximate surface area is 152 Å². The molecule has 1 saturated heterocycles. The lowest BCUT2D eigenvalue weighted by Crippen LogP contribution is -2.31. The molecule has 136 valence electrons. The van der Waals surface area contributed by atoms with Gasteiger partial charge >= 0.3 is 0 Å². The Bertz CT molecular complexity index is 715. The van der Waals surface area contributed by atoms with Crippen LogP contribution >= 0.6 is 24.0 Å². The predicted octanol–water partition coefficient (Wildman–Crippen LogP) is 2.09. The number of nitrogens with one attached hydrogen (secondary N) is 2. The van der Waals surface area contributed by atoms with Crippen molar-refractivity contribution in [1.29, 1.82) is 0 Å². The van der Waals surface area contributed by atoms with Crippen LogP contribution in [0.3, 0.4) is 0 Å². The Morgan fingerprint density at radius 1 is 1.46 bits per heavy atom. The molecule has 1 atom stereocenters. The highest BCUT2D eigenvalue weighted by molar-refractivity contribution is 7.89. The van der Waals surface area contributed by atoms with E-state index in [4.69, 9.17) is 11.6 Å². The smallest absolute Gasteiger partial charge is 0.246 e. The van der Waals surface area contributed by atoms with E-state index in [2.05, 4.69) is 10.6 Å². The van der Waals surface area contributed by atoms with Crippen molar-refractivity contribution >= 4 is 45.6 Å². The van der Waals surface area contributed by atoms with Gasteiger partial charge in [-0.1, -0.05) is 11.6 Å². The van der Waals surface area contributed by atoms with Crippen LogP contribution in [0.15, 0.2) is 17.0 Å². The van der Waals surface area contributed by atoms with Gasteiger partial charge in [-0.25, -0.2) is 12.8 Å². The normalized spacial score (nSPS) is 18.2. The summed E-state index contributed by atoms with van der Waals surface area (Å²) < 4.78 is 40.7. The summed E-state index contributed by atoms with van der Waals surface area (Å²) in [6, 6.07) is 1.97. The summed E-state index contributed by atoms with van der Waals surface area (Å²) in [4.78, 5) is 10.6. The summed E-state index contributed by atoms with van der Waals surface area (Å²) in [5.74, 6) is -1.15. The monoisotopic (exact) mass is 399 g/mol. The Balaban J connectivity index is 0.00000288. The molecule has 1 unspecified atom stereocenters. The molecule has 0 aromatic heterocycles. The standard InChI is InChI=1S/C14H19ClFN3O3S.ClH/c1-9(20)18-13-6-12(16)14(5-11(13)15)23(21,22)19-4-3-10(8-19)7-17-2;/h5-6,10,17H,3-4,7-8H2,1-2H3,(H,18,20);1H. The first-order valence-electron chi connectivity index (χ1n) is 7.17. The molecule has 0 bridgehead atoms. The number of carbonyl (C=O) groups excluding carboxylic acids is 1. The highest BCUT2D eigenvalue weighted by Crippen LogP contribution is 2.31. The molecular formula is C14H20Cl2FN3O3S. The van der Waals surface area contributed by atoms with E-state index in [1.54, 1.807) is 7.05 Å². The number of carbonyl (C=O) groups is 1. The third-order valence-corrected chi connectivity index (χ3v) is 5.88. The van der Waals surface area contributed by atoms with Gasteiger partial charge in [0.1, 0.15) is 10.7 Å². The number of halogens is 3. The van der Waals surface area contributed by atoms with Gasteiger partial charge in [-0.2, -0.15) is 4.31 Å². The van der Waals surface area contributed by atoms with E-state index in [1.165, 1.54) is 11.2 Å². The second kappa shape index (κ2) is 8.44. The van der Waals surface area contributed by atoms with Crippen LogP contribution in [0.4, 0.5) is 10.1 Å². The van der Waals surface area contributed by atoms with Crippen LogP contribution in [-0.4, -0.2) is 45.3 Å². The first-order valence-corrected chi connectivity index (χ1v) is 8.99. The molecular weight excluding hydrogens is 380 g/mol. The van der Waals surface area contributed by atoms with Crippen molar-refractivity contribution in [3.63, 3.8) is 0 Å². The molecule has 0 radical (unpaired) electrons. The van der Waals surface area contributed by atoms with Gasteiger partial charge in [0.05, 0.1) is 10.7 Å². The van der Waals surface area contributed by atoms with Crippen LogP contribution in [0, 0.1) is 11.7 Å². The molecule has 10 heteroatoms. The first-order chi connectivity index (χ1) is 10.8. The highest BCUT2D eigenvalue weighted by Gasteiger charge is 2.34. The summed E-state index contributed by atoms with van der Waals surface area (Å²) >= 11 is 5.96. The number of nitrogens with zero attached hydrogens (tertiary/aromatic N) is 1. The predicted molar refractivity (Wildman–Crippen MR) is 93.8 cm³/mol. The van der Waals surface area contributed by atoms with Crippen LogP contribution in [-0.2, 0) is 14.8 Å². The Kier molecular flexibility index (Phi) is 7.43. The summed E-state index contributed by atoms with van der Waals surface area (Å²) in [7, 11) is -2.15. The zero-order valence-corrected chi connectivity index (χ0v) is 15.7. The lowest BCUT2D eigenvalue weighted by molar-refractivity contribution is -0.114. The van der Waals surface area contributed by atoms with E-state index >= 15 is 0 Å². The van der Waals surface area contributed by atoms with Crippen LogP contribution in [0.5, 0.6) is 0 Å². The van der Waals surface area contributed by atoms with Crippen molar-refractivity contribution < 1.29 is 17.6 Å². The summed E-state index contributed by atoms with van der Waals surface area (Å²) in [6.07, 6.45) is 0.722. The van der Waals surface area contributed by atoms with Crippen molar-refractivity contribution in [2.45, 2.75) is 18.2 Å². The molecule has 0 spiro atoms. The quantitative estimate of drug-likeness (QED) is 0.794. The SMILES string of the molecule is CNCC1CCN(S(=O)(=O)c2cc(Cl)c(NC(C)=O)cc2F)C1.Cl. The molecule has 1 heterocycles. The molecule has 1 amide bonds. The summed E-state index contributed by atoms with van der Waals surface area (Å²) in [5, 5.41) is 5.35. The number of anilines is 1. The minimum Gasteiger partial charge on any atom is -0.325 e. The van der Waals surface area contributed by atoms with Crippen molar-refractivity contribution in [3.8, 4) is 0 Å². The third kappa shape index (κ3) is 4.58. The van der Waals surface area contributed by atoms with Gasteiger partial charge < -0.3 is 10.6 Å². The molecule has 1 aromatic carbocycles. The number of amides is 1. The lowest BCUT2D eigenvalue weighted by atomic mass is 10.1. The fourth-order valence-corrected chi connectivity index (χ4v) is 4.50. The summed E-state index contributed by atoms with van der Waals surface area (Å²) in [6.45, 7) is 2.65. The van der Waals surface area contributed by atoms with E-state index in [9.17, 15) is 17.6 Å². The topological polar surface area (TPSA) is 78.5 Å². The first kappa shape index (κ1) is 21.1. The van der Waals surface area contributed by atoms with Gasteiger partial charge in [0, 0.05) is 26.1 Å². The Hall–Kier alpha value is -0.930. The number of sulfonamides is 1. The third-order valence-electron chi connectivity index (χ3n) is 3.69. The van der Waals surface area contributed by atoms with E-state index in [1.807, 2.05) is 0 Å². The maximum atomic E-state index is 14.2. The summed E-state index contributed by atoms with van der Waals surface area (Å²) in [5.41, 5.74) is 0.0464. The highest BCUT2D eigenvalue weighted by atomic mass is 35.5. The van der Waals surface area contributed by atoms with Gasteiger partial charge in [-0.15, -0.1) is 12.4 Å². The van der Waals surface area contributed by atoms with Crippen molar-refractivity contribution in [1.82, 2.24) is 9.62 Å². The zero-order chi connectivity index (χ0) is 17.2. The molecule has 1 aromatic rings. The molecule has 24 heavy (non-hydrogen) atoms. The van der Waals surface area contributed by atoms with Crippen LogP contribution < -0.4 is 10.6 Å². The molecule has 1 aliphatic rings. The van der Waals surface area contributed by atoms with Crippen LogP contribution in [0.1, 0.15) is 13.3 Å². The maximum absolute atomic E-state index is 14.2. The van der Waals surface area contributed by atoms with Gasteiger partial charge in [0.25, 0.3) is 0 Å². The van der Waals surface area contributed by atoms with Gasteiger partial charge in [-0.05, 0) is 32.0 Å². The van der Waals surface area contributed by atoms with Crippen molar-refractivity contribution in [3.05, 3.63) is 23.0 Å². The number of hydrogen-bond donors (Lipinski definition) is 2. The van der Waals surface area contributed by atoms with Gasteiger partial charge in [-0.3, -0.25) is 4.79 Å². The fraction of sp³-hybridized carbons (Fsp3) is 0.500. The number of hydrogen-bond acceptors (Lipinski definition) is 4. The van der Waals surface area contributed by atoms with Crippen LogP contribution in [0.2, 0.25) is 5.02 Å². The largest absolute Gasteiger partial charge is 0.325 e.